The molecule has 16 heavy (non-hydrogen) atoms. The lowest BCUT2D eigenvalue weighted by Crippen LogP contribution is -2.29. The lowest BCUT2D eigenvalue weighted by Gasteiger charge is -2.19. The lowest BCUT2D eigenvalue weighted by atomic mass is 10.1. The number of nitrogens with two attached hydrogens (primary N) is 1. The van der Waals surface area contributed by atoms with Crippen molar-refractivity contribution in [3.63, 3.8) is 0 Å². The van der Waals surface area contributed by atoms with Crippen LogP contribution in [-0.2, 0) is 0 Å². The molecule has 2 unspecified atom stereocenters. The van der Waals surface area contributed by atoms with Crippen LogP contribution in [0.25, 0.3) is 0 Å². The number of aromatic nitrogens is 2. The quantitative estimate of drug-likeness (QED) is 0.906. The normalized spacial score (nSPS) is 15.0. The smallest absolute Gasteiger partial charge is 0.101 e. The Labute approximate surface area is 115 Å². The van der Waals surface area contributed by atoms with E-state index in [0.717, 1.165) is 8.26 Å². The van der Waals surface area contributed by atoms with Crippen molar-refractivity contribution in [2.75, 3.05) is 0 Å². The van der Waals surface area contributed by atoms with Crippen molar-refractivity contribution in [2.45, 2.75) is 19.0 Å². The topological polar surface area (TPSA) is 43.8 Å². The Bertz CT molecular complexity index is 438. The third-order valence-electron chi connectivity index (χ3n) is 2.24. The lowest BCUT2D eigenvalue weighted by molar-refractivity contribution is 0.460. The van der Waals surface area contributed by atoms with E-state index in [4.69, 9.17) is 5.73 Å². The van der Waals surface area contributed by atoms with Crippen LogP contribution < -0.4 is 5.73 Å². The van der Waals surface area contributed by atoms with E-state index in [1.807, 2.05) is 23.9 Å². The van der Waals surface area contributed by atoms with Crippen LogP contribution in [0.2, 0.25) is 0 Å². The summed E-state index contributed by atoms with van der Waals surface area (Å²) in [7, 11) is 0. The Balaban J connectivity index is 2.38. The molecule has 2 N–H and O–H groups in total. The van der Waals surface area contributed by atoms with E-state index in [1.54, 1.807) is 17.5 Å². The molecule has 2 rings (SSSR count). The maximum Gasteiger partial charge on any atom is 0.101 e. The van der Waals surface area contributed by atoms with Gasteiger partial charge in [-0.1, -0.05) is 0 Å². The summed E-state index contributed by atoms with van der Waals surface area (Å²) in [5.41, 5.74) is 6.03. The van der Waals surface area contributed by atoms with Crippen LogP contribution >= 0.6 is 43.2 Å². The van der Waals surface area contributed by atoms with Gasteiger partial charge >= 0.3 is 0 Å². The molecule has 0 aromatic carbocycles. The average Bonchev–Trinajstić information content (AvgIpc) is 2.76. The van der Waals surface area contributed by atoms with Crippen molar-refractivity contribution in [3.8, 4) is 0 Å². The molecular formula is C10H11Br2N3S. The molecule has 0 bridgehead atoms. The molecular weight excluding hydrogens is 354 g/mol. The molecule has 0 aliphatic carbocycles. The summed E-state index contributed by atoms with van der Waals surface area (Å²) in [6, 6.07) is 4.21. The molecule has 0 radical (unpaired) electrons. The van der Waals surface area contributed by atoms with Gasteiger partial charge in [-0.3, -0.25) is 4.68 Å². The minimum Gasteiger partial charge on any atom is -0.326 e. The molecule has 6 heteroatoms. The van der Waals surface area contributed by atoms with E-state index in [2.05, 4.69) is 43.0 Å². The van der Waals surface area contributed by atoms with Gasteiger partial charge in [0.1, 0.15) is 6.04 Å². The molecule has 0 fully saturated rings. The largest absolute Gasteiger partial charge is 0.326 e. The first-order chi connectivity index (χ1) is 7.58. The van der Waals surface area contributed by atoms with Gasteiger partial charge in [0, 0.05) is 17.1 Å². The number of rotatable bonds is 3. The van der Waals surface area contributed by atoms with Gasteiger partial charge in [0.2, 0.25) is 0 Å². The molecule has 2 atom stereocenters. The molecule has 0 amide bonds. The molecule has 0 spiro atoms. The van der Waals surface area contributed by atoms with E-state index in [-0.39, 0.29) is 12.1 Å². The SMILES string of the molecule is CC(N)C(c1ccc(Br)s1)n1cc(Br)cn1. The number of hydrogen-bond donors (Lipinski definition) is 1. The van der Waals surface area contributed by atoms with Crippen molar-refractivity contribution < 1.29 is 0 Å². The summed E-state index contributed by atoms with van der Waals surface area (Å²) < 4.78 is 3.97. The van der Waals surface area contributed by atoms with Crippen LogP contribution in [0.5, 0.6) is 0 Å². The van der Waals surface area contributed by atoms with Crippen LogP contribution in [0, 0.1) is 0 Å². The van der Waals surface area contributed by atoms with Crippen molar-refractivity contribution >= 4 is 43.2 Å². The first-order valence-corrected chi connectivity index (χ1v) is 7.18. The Kier molecular flexibility index (Phi) is 3.84. The maximum absolute atomic E-state index is 6.03. The molecule has 0 aliphatic heterocycles. The molecule has 3 nitrogen and oxygen atoms in total. The summed E-state index contributed by atoms with van der Waals surface area (Å²) in [4.78, 5) is 1.21. The summed E-state index contributed by atoms with van der Waals surface area (Å²) in [5.74, 6) is 0. The summed E-state index contributed by atoms with van der Waals surface area (Å²) >= 11 is 8.55. The molecule has 2 aromatic rings. The highest BCUT2D eigenvalue weighted by molar-refractivity contribution is 9.11. The summed E-state index contributed by atoms with van der Waals surface area (Å²) in [6.45, 7) is 1.99. The number of hydrogen-bond acceptors (Lipinski definition) is 3. The number of thiophene rings is 1. The minimum atomic E-state index is 0.0114. The van der Waals surface area contributed by atoms with Gasteiger partial charge in [-0.2, -0.15) is 5.10 Å². The fourth-order valence-electron chi connectivity index (χ4n) is 1.58. The molecule has 86 valence electrons. The zero-order valence-electron chi connectivity index (χ0n) is 8.60. The van der Waals surface area contributed by atoms with E-state index < -0.39 is 0 Å². The molecule has 0 aliphatic rings. The minimum absolute atomic E-state index is 0.0114. The Morgan fingerprint density at radius 1 is 1.44 bits per heavy atom. The Morgan fingerprint density at radius 3 is 2.62 bits per heavy atom. The Morgan fingerprint density at radius 2 is 2.19 bits per heavy atom. The first kappa shape index (κ1) is 12.3. The van der Waals surface area contributed by atoms with Crippen molar-refractivity contribution in [2.24, 2.45) is 5.73 Å². The third kappa shape index (κ3) is 2.56. The second kappa shape index (κ2) is 5.00. The standard InChI is InChI=1S/C10H11Br2N3S/c1-6(13)10(8-2-3-9(12)16-8)15-5-7(11)4-14-15/h2-6,10H,13H2,1H3. The Hall–Kier alpha value is -0.170. The highest BCUT2D eigenvalue weighted by atomic mass is 79.9. The van der Waals surface area contributed by atoms with Crippen LogP contribution in [0.4, 0.5) is 0 Å². The molecule has 2 aromatic heterocycles. The van der Waals surface area contributed by atoms with Gasteiger partial charge in [-0.15, -0.1) is 11.3 Å². The second-order valence-electron chi connectivity index (χ2n) is 3.58. The van der Waals surface area contributed by atoms with E-state index in [0.29, 0.717) is 0 Å². The second-order valence-corrected chi connectivity index (χ2v) is 6.99. The van der Waals surface area contributed by atoms with Gasteiger partial charge in [-0.25, -0.2) is 0 Å². The van der Waals surface area contributed by atoms with Crippen molar-refractivity contribution in [3.05, 3.63) is 37.7 Å². The fourth-order valence-corrected chi connectivity index (χ4v) is 3.52. The van der Waals surface area contributed by atoms with Crippen LogP contribution in [-0.4, -0.2) is 15.8 Å². The van der Waals surface area contributed by atoms with E-state index in [1.165, 1.54) is 4.88 Å². The van der Waals surface area contributed by atoms with Crippen LogP contribution in [0.15, 0.2) is 32.8 Å². The number of halogens is 2. The van der Waals surface area contributed by atoms with Gasteiger partial charge in [-0.05, 0) is 50.9 Å². The summed E-state index contributed by atoms with van der Waals surface area (Å²) in [6.07, 6.45) is 3.72. The fraction of sp³-hybridized carbons (Fsp3) is 0.300. The van der Waals surface area contributed by atoms with Crippen LogP contribution in [0.1, 0.15) is 17.8 Å². The van der Waals surface area contributed by atoms with Gasteiger partial charge in [0.15, 0.2) is 0 Å². The molecule has 0 saturated heterocycles. The highest BCUT2D eigenvalue weighted by Crippen LogP contribution is 2.31. The van der Waals surface area contributed by atoms with Gasteiger partial charge < -0.3 is 5.73 Å². The first-order valence-electron chi connectivity index (χ1n) is 4.78. The highest BCUT2D eigenvalue weighted by Gasteiger charge is 2.20. The summed E-state index contributed by atoms with van der Waals surface area (Å²) in [5, 5.41) is 4.30. The monoisotopic (exact) mass is 363 g/mol. The van der Waals surface area contributed by atoms with Crippen molar-refractivity contribution in [1.82, 2.24) is 9.78 Å². The number of nitrogens with zero attached hydrogens (tertiary/aromatic N) is 2. The predicted octanol–water partition coefficient (Wildman–Crippen LogP) is 3.41. The van der Waals surface area contributed by atoms with Crippen molar-refractivity contribution in [1.29, 1.82) is 0 Å². The van der Waals surface area contributed by atoms with Crippen LogP contribution in [0.3, 0.4) is 0 Å². The predicted molar refractivity (Wildman–Crippen MR) is 73.7 cm³/mol. The average molecular weight is 365 g/mol. The zero-order chi connectivity index (χ0) is 11.7. The zero-order valence-corrected chi connectivity index (χ0v) is 12.6. The molecule has 2 heterocycles. The van der Waals surface area contributed by atoms with E-state index >= 15 is 0 Å². The maximum atomic E-state index is 6.03. The van der Waals surface area contributed by atoms with Gasteiger partial charge in [0.05, 0.1) is 14.5 Å². The third-order valence-corrected chi connectivity index (χ3v) is 4.34. The van der Waals surface area contributed by atoms with Gasteiger partial charge in [0.25, 0.3) is 0 Å². The van der Waals surface area contributed by atoms with E-state index in [9.17, 15) is 0 Å². The molecule has 0 saturated carbocycles.